The summed E-state index contributed by atoms with van der Waals surface area (Å²) in [5.74, 6) is -2.20. The third-order valence-corrected chi connectivity index (χ3v) is 1.65. The fourth-order valence-electron chi connectivity index (χ4n) is 0.896. The highest BCUT2D eigenvalue weighted by Crippen LogP contribution is 2.06. The fourth-order valence-corrected chi connectivity index (χ4v) is 0.896. The Kier molecular flexibility index (Phi) is 7.05. The zero-order valence-corrected chi connectivity index (χ0v) is 11.6. The molecule has 114 valence electrons. The van der Waals surface area contributed by atoms with Crippen LogP contribution in [-0.2, 0) is 24.0 Å². The van der Waals surface area contributed by atoms with E-state index < -0.39 is 36.0 Å². The van der Waals surface area contributed by atoms with E-state index >= 15 is 0 Å². The van der Waals surface area contributed by atoms with Gasteiger partial charge in [-0.25, -0.2) is 9.59 Å². The minimum absolute atomic E-state index is 0.153. The first-order valence-corrected chi connectivity index (χ1v) is 5.84. The van der Waals surface area contributed by atoms with Crippen LogP contribution in [0.25, 0.3) is 0 Å². The van der Waals surface area contributed by atoms with Crippen LogP contribution in [-0.4, -0.2) is 36.0 Å². The van der Waals surface area contributed by atoms with Crippen LogP contribution in [0.2, 0.25) is 0 Å². The lowest BCUT2D eigenvalue weighted by Crippen LogP contribution is -2.38. The SMILES string of the molecule is CC(C)(C)OC(=O)NCC(=O)ONC(=O)CCC(N)=O. The molecule has 4 N–H and O–H groups in total. The Morgan fingerprint density at radius 3 is 2.20 bits per heavy atom. The van der Waals surface area contributed by atoms with Crippen LogP contribution >= 0.6 is 0 Å². The average molecular weight is 289 g/mol. The van der Waals surface area contributed by atoms with Crippen LogP contribution in [0.1, 0.15) is 33.6 Å². The van der Waals surface area contributed by atoms with Gasteiger partial charge in [0.25, 0.3) is 5.91 Å². The normalized spacial score (nSPS) is 10.3. The Labute approximate surface area is 116 Å². The van der Waals surface area contributed by atoms with E-state index in [-0.39, 0.29) is 12.8 Å². The number of carbonyl (C=O) groups excluding carboxylic acids is 4. The van der Waals surface area contributed by atoms with Crippen molar-refractivity contribution in [1.82, 2.24) is 10.8 Å². The highest BCUT2D eigenvalue weighted by atomic mass is 16.7. The van der Waals surface area contributed by atoms with Gasteiger partial charge in [0.1, 0.15) is 12.1 Å². The maximum absolute atomic E-state index is 11.2. The highest BCUT2D eigenvalue weighted by molar-refractivity contribution is 5.84. The van der Waals surface area contributed by atoms with E-state index in [0.717, 1.165) is 0 Å². The van der Waals surface area contributed by atoms with Crippen molar-refractivity contribution in [2.24, 2.45) is 5.73 Å². The van der Waals surface area contributed by atoms with Gasteiger partial charge in [0, 0.05) is 12.8 Å². The average Bonchev–Trinajstić information content (AvgIpc) is 2.29. The first-order chi connectivity index (χ1) is 9.10. The molecule has 0 saturated heterocycles. The third-order valence-electron chi connectivity index (χ3n) is 1.65. The summed E-state index contributed by atoms with van der Waals surface area (Å²) < 4.78 is 4.88. The summed E-state index contributed by atoms with van der Waals surface area (Å²) in [5, 5.41) is 2.15. The summed E-state index contributed by atoms with van der Waals surface area (Å²) in [6.07, 6.45) is -1.13. The Morgan fingerprint density at radius 2 is 1.70 bits per heavy atom. The molecule has 0 fully saturated rings. The molecule has 0 aromatic carbocycles. The standard InChI is InChI=1S/C11H19N3O6/c1-11(2,3)19-10(18)13-6-9(17)20-14-8(16)5-4-7(12)15/h4-6H2,1-3H3,(H2,12,15)(H,13,18)(H,14,16). The van der Waals surface area contributed by atoms with Crippen molar-refractivity contribution >= 4 is 23.9 Å². The molecule has 0 saturated carbocycles. The van der Waals surface area contributed by atoms with Crippen molar-refractivity contribution in [2.45, 2.75) is 39.2 Å². The number of hydroxylamine groups is 1. The van der Waals surface area contributed by atoms with E-state index in [4.69, 9.17) is 10.5 Å². The molecule has 20 heavy (non-hydrogen) atoms. The number of carbonyl (C=O) groups is 4. The van der Waals surface area contributed by atoms with Gasteiger partial charge in [0.15, 0.2) is 0 Å². The highest BCUT2D eigenvalue weighted by Gasteiger charge is 2.17. The Hall–Kier alpha value is -2.32. The monoisotopic (exact) mass is 289 g/mol. The Bertz CT molecular complexity index is 388. The van der Waals surface area contributed by atoms with Gasteiger partial charge in [0.05, 0.1) is 0 Å². The number of nitrogens with two attached hydrogens (primary N) is 1. The van der Waals surface area contributed by atoms with Crippen LogP contribution < -0.4 is 16.5 Å². The fraction of sp³-hybridized carbons (Fsp3) is 0.636. The number of hydrogen-bond donors (Lipinski definition) is 3. The number of ether oxygens (including phenoxy) is 1. The molecular formula is C11H19N3O6. The second kappa shape index (κ2) is 7.97. The van der Waals surface area contributed by atoms with Gasteiger partial charge in [-0.1, -0.05) is 0 Å². The topological polar surface area (TPSA) is 137 Å². The van der Waals surface area contributed by atoms with E-state index in [0.29, 0.717) is 0 Å². The van der Waals surface area contributed by atoms with Crippen LogP contribution in [0.3, 0.4) is 0 Å². The number of alkyl carbamates (subject to hydrolysis) is 1. The van der Waals surface area contributed by atoms with Gasteiger partial charge in [-0.2, -0.15) is 5.48 Å². The smallest absolute Gasteiger partial charge is 0.408 e. The minimum atomic E-state index is -0.886. The molecule has 0 spiro atoms. The molecule has 3 amide bonds. The van der Waals surface area contributed by atoms with E-state index in [1.54, 1.807) is 20.8 Å². The van der Waals surface area contributed by atoms with Gasteiger partial charge < -0.3 is 20.6 Å². The summed E-state index contributed by atoms with van der Waals surface area (Å²) in [6, 6.07) is 0. The number of hydrogen-bond acceptors (Lipinski definition) is 6. The molecule has 9 nitrogen and oxygen atoms in total. The molecule has 0 aromatic heterocycles. The number of amides is 3. The molecule has 0 aliphatic rings. The van der Waals surface area contributed by atoms with E-state index in [1.165, 1.54) is 0 Å². The van der Waals surface area contributed by atoms with Crippen LogP contribution in [0, 0.1) is 0 Å². The summed E-state index contributed by atoms with van der Waals surface area (Å²) >= 11 is 0. The maximum Gasteiger partial charge on any atom is 0.408 e. The van der Waals surface area contributed by atoms with Gasteiger partial charge >= 0.3 is 12.1 Å². The number of rotatable bonds is 5. The quantitative estimate of drug-likeness (QED) is 0.575. The molecular weight excluding hydrogens is 270 g/mol. The van der Waals surface area contributed by atoms with Gasteiger partial charge in [-0.15, -0.1) is 0 Å². The van der Waals surface area contributed by atoms with Crippen molar-refractivity contribution in [3.8, 4) is 0 Å². The summed E-state index contributed by atoms with van der Waals surface area (Å²) in [6.45, 7) is 4.54. The molecule has 0 aromatic rings. The molecule has 9 heteroatoms. The maximum atomic E-state index is 11.2. The van der Waals surface area contributed by atoms with Crippen molar-refractivity contribution in [3.63, 3.8) is 0 Å². The van der Waals surface area contributed by atoms with Crippen LogP contribution in [0.4, 0.5) is 4.79 Å². The van der Waals surface area contributed by atoms with Crippen LogP contribution in [0.15, 0.2) is 0 Å². The lowest BCUT2D eigenvalue weighted by molar-refractivity contribution is -0.157. The molecule has 0 aliphatic heterocycles. The van der Waals surface area contributed by atoms with E-state index in [2.05, 4.69) is 10.2 Å². The summed E-state index contributed by atoms with van der Waals surface area (Å²) in [7, 11) is 0. The molecule has 0 heterocycles. The van der Waals surface area contributed by atoms with E-state index in [1.807, 2.05) is 5.48 Å². The van der Waals surface area contributed by atoms with Gasteiger partial charge in [0.2, 0.25) is 5.91 Å². The number of nitrogens with one attached hydrogen (secondary N) is 2. The molecule has 0 aliphatic carbocycles. The van der Waals surface area contributed by atoms with Crippen molar-refractivity contribution < 1.29 is 28.8 Å². The van der Waals surface area contributed by atoms with Crippen LogP contribution in [0.5, 0.6) is 0 Å². The molecule has 0 rings (SSSR count). The lowest BCUT2D eigenvalue weighted by atomic mass is 10.2. The van der Waals surface area contributed by atoms with Crippen molar-refractivity contribution in [1.29, 1.82) is 0 Å². The zero-order chi connectivity index (χ0) is 15.8. The second-order valence-corrected chi connectivity index (χ2v) is 4.82. The molecule has 0 bridgehead atoms. The van der Waals surface area contributed by atoms with Gasteiger partial charge in [-0.3, -0.25) is 9.59 Å². The third kappa shape index (κ3) is 10.8. The summed E-state index contributed by atoms with van der Waals surface area (Å²) in [5.41, 5.74) is 5.98. The number of primary amides is 1. The summed E-state index contributed by atoms with van der Waals surface area (Å²) in [4.78, 5) is 48.2. The minimum Gasteiger partial charge on any atom is -0.444 e. The predicted octanol–water partition coefficient (Wildman–Crippen LogP) is -0.649. The predicted molar refractivity (Wildman–Crippen MR) is 66.9 cm³/mol. The largest absolute Gasteiger partial charge is 0.444 e. The first-order valence-electron chi connectivity index (χ1n) is 5.84. The molecule has 0 atom stereocenters. The lowest BCUT2D eigenvalue weighted by Gasteiger charge is -2.19. The van der Waals surface area contributed by atoms with E-state index in [9.17, 15) is 19.2 Å². The van der Waals surface area contributed by atoms with Crippen molar-refractivity contribution in [2.75, 3.05) is 6.54 Å². The van der Waals surface area contributed by atoms with Crippen molar-refractivity contribution in [3.05, 3.63) is 0 Å². The molecule has 0 radical (unpaired) electrons. The first kappa shape index (κ1) is 17.7. The Balaban J connectivity index is 3.81. The second-order valence-electron chi connectivity index (χ2n) is 4.82. The molecule has 0 unspecified atom stereocenters. The van der Waals surface area contributed by atoms with Gasteiger partial charge in [-0.05, 0) is 20.8 Å². The zero-order valence-electron chi connectivity index (χ0n) is 11.6. The Morgan fingerprint density at radius 1 is 1.10 bits per heavy atom.